The second kappa shape index (κ2) is 8.39. The van der Waals surface area contributed by atoms with Crippen molar-refractivity contribution in [1.29, 1.82) is 0 Å². The molecule has 20 heavy (non-hydrogen) atoms. The zero-order valence-electron chi connectivity index (χ0n) is 11.4. The minimum atomic E-state index is -0.349. The predicted octanol–water partition coefficient (Wildman–Crippen LogP) is 1.52. The van der Waals surface area contributed by atoms with Gasteiger partial charge >= 0.3 is 11.9 Å². The lowest BCUT2D eigenvalue weighted by Gasteiger charge is -1.94. The van der Waals surface area contributed by atoms with Crippen LogP contribution in [0.1, 0.15) is 25.0 Å². The lowest BCUT2D eigenvalue weighted by Crippen LogP contribution is -1.97. The molecular weight excluding hydrogens is 256 g/mol. The molecule has 0 fully saturated rings. The molecule has 4 nitrogen and oxygen atoms in total. The van der Waals surface area contributed by atoms with E-state index >= 15 is 0 Å². The molecule has 0 N–H and O–H groups in total. The Balaban J connectivity index is 2.51. The molecule has 1 aromatic carbocycles. The summed E-state index contributed by atoms with van der Waals surface area (Å²) in [5.41, 5.74) is 1.62. The first kappa shape index (κ1) is 15.3. The Labute approximate surface area is 118 Å². The highest BCUT2D eigenvalue weighted by Gasteiger charge is 1.90. The third kappa shape index (κ3) is 6.88. The van der Waals surface area contributed by atoms with Crippen LogP contribution < -0.4 is 0 Å². The van der Waals surface area contributed by atoms with Gasteiger partial charge < -0.3 is 9.47 Å². The van der Waals surface area contributed by atoms with Gasteiger partial charge in [0.05, 0.1) is 0 Å². The molecule has 0 radical (unpaired) electrons. The highest BCUT2D eigenvalue weighted by atomic mass is 16.5. The second-order valence-electron chi connectivity index (χ2n) is 3.74. The molecule has 4 heteroatoms. The Bertz CT molecular complexity index is 536. The first-order valence-corrected chi connectivity index (χ1v) is 5.92. The monoisotopic (exact) mass is 270 g/mol. The van der Waals surface area contributed by atoms with Crippen molar-refractivity contribution in [3.05, 3.63) is 35.4 Å². The van der Waals surface area contributed by atoms with Crippen molar-refractivity contribution in [3.8, 4) is 23.7 Å². The van der Waals surface area contributed by atoms with Crippen molar-refractivity contribution in [2.24, 2.45) is 0 Å². The highest BCUT2D eigenvalue weighted by molar-refractivity contribution is 5.66. The quantitative estimate of drug-likeness (QED) is 0.604. The fraction of sp³-hybridized carbons (Fsp3) is 0.250. The normalized spacial score (nSPS) is 8.50. The van der Waals surface area contributed by atoms with Crippen LogP contribution in [0, 0.1) is 23.7 Å². The number of carbonyl (C=O) groups excluding carboxylic acids is 2. The Morgan fingerprint density at radius 2 is 1.20 bits per heavy atom. The lowest BCUT2D eigenvalue weighted by molar-refractivity contribution is -0.140. The van der Waals surface area contributed by atoms with Crippen molar-refractivity contribution in [1.82, 2.24) is 0 Å². The molecule has 0 atom stereocenters. The minimum absolute atomic E-state index is 0.0826. The molecule has 0 spiro atoms. The van der Waals surface area contributed by atoms with Gasteiger partial charge in [-0.05, 0) is 24.3 Å². The van der Waals surface area contributed by atoms with E-state index in [9.17, 15) is 9.59 Å². The third-order valence-electron chi connectivity index (χ3n) is 2.05. The molecule has 0 aliphatic rings. The summed E-state index contributed by atoms with van der Waals surface area (Å²) in [6, 6.07) is 7.26. The van der Waals surface area contributed by atoms with Crippen molar-refractivity contribution in [2.45, 2.75) is 13.8 Å². The summed E-state index contributed by atoms with van der Waals surface area (Å²) >= 11 is 0. The minimum Gasteiger partial charge on any atom is -0.453 e. The van der Waals surface area contributed by atoms with Crippen LogP contribution >= 0.6 is 0 Å². The molecule has 0 amide bonds. The van der Waals surface area contributed by atoms with E-state index in [0.29, 0.717) is 0 Å². The van der Waals surface area contributed by atoms with Gasteiger partial charge in [0.25, 0.3) is 0 Å². The molecule has 0 unspecified atom stereocenters. The SMILES string of the molecule is CC(=O)OCC#Cc1ccc(C#CCOC(C)=O)cc1. The summed E-state index contributed by atoms with van der Waals surface area (Å²) in [7, 11) is 0. The third-order valence-corrected chi connectivity index (χ3v) is 2.05. The standard InChI is InChI=1S/C16H14O4/c1-13(17)19-11-3-5-15-7-9-16(10-8-15)6-4-12-20-14(2)18/h7-10H,11-12H2,1-2H3. The van der Waals surface area contributed by atoms with Gasteiger partial charge in [0.2, 0.25) is 0 Å². The average molecular weight is 270 g/mol. The topological polar surface area (TPSA) is 52.6 Å². The molecule has 0 aromatic heterocycles. The summed E-state index contributed by atoms with van der Waals surface area (Å²) in [5, 5.41) is 0. The smallest absolute Gasteiger partial charge is 0.303 e. The first-order valence-electron chi connectivity index (χ1n) is 5.92. The molecule has 0 aliphatic carbocycles. The molecule has 1 rings (SSSR count). The van der Waals surface area contributed by atoms with Gasteiger partial charge in [-0.25, -0.2) is 0 Å². The number of benzene rings is 1. The number of hydrogen-bond donors (Lipinski definition) is 0. The molecule has 1 aromatic rings. The zero-order valence-corrected chi connectivity index (χ0v) is 11.4. The molecule has 102 valence electrons. The number of rotatable bonds is 2. The van der Waals surface area contributed by atoms with Gasteiger partial charge in [0.15, 0.2) is 13.2 Å². The van der Waals surface area contributed by atoms with Crippen LogP contribution in [0.5, 0.6) is 0 Å². The van der Waals surface area contributed by atoms with E-state index in [4.69, 9.17) is 9.47 Å². The number of ether oxygens (including phenoxy) is 2. The highest BCUT2D eigenvalue weighted by Crippen LogP contribution is 2.01. The maximum atomic E-state index is 10.5. The zero-order chi connectivity index (χ0) is 14.8. The fourth-order valence-corrected chi connectivity index (χ4v) is 1.19. The molecular formula is C16H14O4. The van der Waals surface area contributed by atoms with Gasteiger partial charge in [-0.3, -0.25) is 9.59 Å². The summed E-state index contributed by atoms with van der Waals surface area (Å²) in [4.78, 5) is 21.1. The van der Waals surface area contributed by atoms with Gasteiger partial charge in [0.1, 0.15) is 0 Å². The summed E-state index contributed by atoms with van der Waals surface area (Å²) in [6.45, 7) is 2.84. The largest absolute Gasteiger partial charge is 0.453 e. The Morgan fingerprint density at radius 3 is 1.50 bits per heavy atom. The second-order valence-corrected chi connectivity index (χ2v) is 3.74. The van der Waals surface area contributed by atoms with Crippen LogP contribution in [-0.4, -0.2) is 25.2 Å². The Kier molecular flexibility index (Phi) is 6.44. The van der Waals surface area contributed by atoms with Crippen LogP contribution in [0.15, 0.2) is 24.3 Å². The van der Waals surface area contributed by atoms with Crippen LogP contribution in [0.25, 0.3) is 0 Å². The molecule has 0 aliphatic heterocycles. The van der Waals surface area contributed by atoms with E-state index in [2.05, 4.69) is 23.7 Å². The van der Waals surface area contributed by atoms with Gasteiger partial charge in [-0.2, -0.15) is 0 Å². The Morgan fingerprint density at radius 1 is 0.850 bits per heavy atom. The summed E-state index contributed by atoms with van der Waals surface area (Å²) in [5.74, 6) is 10.5. The molecule has 0 heterocycles. The van der Waals surface area contributed by atoms with Crippen LogP contribution in [0.4, 0.5) is 0 Å². The van der Waals surface area contributed by atoms with Gasteiger partial charge in [0, 0.05) is 25.0 Å². The van der Waals surface area contributed by atoms with Crippen molar-refractivity contribution >= 4 is 11.9 Å². The van der Waals surface area contributed by atoms with E-state index in [1.54, 1.807) is 0 Å². The summed E-state index contributed by atoms with van der Waals surface area (Å²) < 4.78 is 9.39. The maximum Gasteiger partial charge on any atom is 0.303 e. The number of esters is 2. The fourth-order valence-electron chi connectivity index (χ4n) is 1.19. The van der Waals surface area contributed by atoms with Crippen LogP contribution in [0.3, 0.4) is 0 Å². The number of carbonyl (C=O) groups is 2. The van der Waals surface area contributed by atoms with E-state index < -0.39 is 0 Å². The maximum absolute atomic E-state index is 10.5. The molecule has 0 saturated carbocycles. The van der Waals surface area contributed by atoms with Crippen molar-refractivity contribution < 1.29 is 19.1 Å². The molecule has 0 bridgehead atoms. The first-order chi connectivity index (χ1) is 9.58. The average Bonchev–Trinajstić information content (AvgIpc) is 2.41. The van der Waals surface area contributed by atoms with E-state index in [1.807, 2.05) is 24.3 Å². The van der Waals surface area contributed by atoms with Gasteiger partial charge in [-0.1, -0.05) is 23.7 Å². The summed E-state index contributed by atoms with van der Waals surface area (Å²) in [6.07, 6.45) is 0. The lowest BCUT2D eigenvalue weighted by atomic mass is 10.1. The van der Waals surface area contributed by atoms with E-state index in [1.165, 1.54) is 13.8 Å². The van der Waals surface area contributed by atoms with E-state index in [0.717, 1.165) is 11.1 Å². The van der Waals surface area contributed by atoms with Gasteiger partial charge in [-0.15, -0.1) is 0 Å². The van der Waals surface area contributed by atoms with Crippen molar-refractivity contribution in [3.63, 3.8) is 0 Å². The van der Waals surface area contributed by atoms with Crippen LogP contribution in [0.2, 0.25) is 0 Å². The Hall–Kier alpha value is -2.72. The molecule has 0 saturated heterocycles. The van der Waals surface area contributed by atoms with E-state index in [-0.39, 0.29) is 25.2 Å². The predicted molar refractivity (Wildman–Crippen MR) is 73.5 cm³/mol. The van der Waals surface area contributed by atoms with Crippen LogP contribution in [-0.2, 0) is 19.1 Å². The number of hydrogen-bond acceptors (Lipinski definition) is 4. The van der Waals surface area contributed by atoms with Crippen molar-refractivity contribution in [2.75, 3.05) is 13.2 Å².